The normalized spacial score (nSPS) is 32.8. The van der Waals surface area contributed by atoms with Gasteiger partial charge < -0.3 is 4.90 Å². The zero-order chi connectivity index (χ0) is 23.3. The molecule has 9 nitrogen and oxygen atoms in total. The number of nitrogens with zero attached hydrogens (tertiary/aromatic N) is 6. The predicted octanol–water partition coefficient (Wildman–Crippen LogP) is 3.22. The number of carbonyl (C=O) groups is 1. The Morgan fingerprint density at radius 1 is 1.12 bits per heavy atom. The summed E-state index contributed by atoms with van der Waals surface area (Å²) in [6.45, 7) is 4.21. The Balaban J connectivity index is 1.12. The van der Waals surface area contributed by atoms with Crippen LogP contribution >= 0.6 is 0 Å². The maximum atomic E-state index is 13.5. The van der Waals surface area contributed by atoms with Crippen molar-refractivity contribution >= 4 is 11.6 Å². The number of hydrogen-bond acceptors (Lipinski definition) is 6. The molecular formula is C25H32N6O3. The van der Waals surface area contributed by atoms with E-state index in [1.165, 1.54) is 18.2 Å². The summed E-state index contributed by atoms with van der Waals surface area (Å²) in [5.74, 6) is 1.46. The minimum atomic E-state index is -0.364. The zero-order valence-electron chi connectivity index (χ0n) is 19.5. The maximum absolute atomic E-state index is 13.5. The van der Waals surface area contributed by atoms with Crippen molar-refractivity contribution in [2.24, 2.45) is 17.3 Å². The molecule has 9 heteroatoms. The van der Waals surface area contributed by atoms with Crippen molar-refractivity contribution in [3.05, 3.63) is 52.6 Å². The fraction of sp³-hybridized carbons (Fsp3) is 0.640. The lowest BCUT2D eigenvalue weighted by atomic mass is 9.46. The standard InChI is InChI=1S/C25H32N6O3/c32-23(29-6-4-28(5-7-29)16-19-2-1-3-26-14-19)13-24-9-20-8-21(10-24)12-25(11-20,18-24)30-17-22(15-27-30)31(33)34/h1-3,14-15,17,20-21H,4-13,16,18H2. The smallest absolute Gasteiger partial charge is 0.307 e. The number of aromatic nitrogens is 3. The van der Waals surface area contributed by atoms with Crippen molar-refractivity contribution in [3.8, 4) is 0 Å². The van der Waals surface area contributed by atoms with E-state index in [1.807, 2.05) is 16.9 Å². The first-order valence-corrected chi connectivity index (χ1v) is 12.5. The Labute approximate surface area is 199 Å². The molecule has 4 bridgehead atoms. The second kappa shape index (κ2) is 8.15. The number of amides is 1. The van der Waals surface area contributed by atoms with Crippen LogP contribution in [0.15, 0.2) is 36.9 Å². The van der Waals surface area contributed by atoms with Gasteiger partial charge in [0.05, 0.1) is 10.5 Å². The highest BCUT2D eigenvalue weighted by molar-refractivity contribution is 5.77. The van der Waals surface area contributed by atoms with Crippen LogP contribution in [0.25, 0.3) is 0 Å². The molecule has 1 aliphatic heterocycles. The first-order valence-electron chi connectivity index (χ1n) is 12.5. The maximum Gasteiger partial charge on any atom is 0.307 e. The lowest BCUT2D eigenvalue weighted by Crippen LogP contribution is -2.58. The van der Waals surface area contributed by atoms with Crippen LogP contribution in [0, 0.1) is 27.4 Å². The third-order valence-electron chi connectivity index (χ3n) is 8.80. The average molecular weight is 465 g/mol. The zero-order valence-corrected chi connectivity index (χ0v) is 19.5. The molecule has 5 aliphatic rings. The third kappa shape index (κ3) is 3.89. The molecule has 0 spiro atoms. The quantitative estimate of drug-likeness (QED) is 0.481. The van der Waals surface area contributed by atoms with Gasteiger partial charge >= 0.3 is 5.69 Å². The summed E-state index contributed by atoms with van der Waals surface area (Å²) in [6, 6.07) is 4.07. The van der Waals surface area contributed by atoms with E-state index in [0.29, 0.717) is 18.3 Å². The van der Waals surface area contributed by atoms with Crippen molar-refractivity contribution in [3.63, 3.8) is 0 Å². The van der Waals surface area contributed by atoms with Crippen LogP contribution in [0.2, 0.25) is 0 Å². The van der Waals surface area contributed by atoms with Crippen molar-refractivity contribution in [2.45, 2.75) is 57.0 Å². The topological polar surface area (TPSA) is 97.4 Å². The molecule has 1 saturated heterocycles. The van der Waals surface area contributed by atoms with Crippen LogP contribution in [0.3, 0.4) is 0 Å². The van der Waals surface area contributed by atoms with E-state index in [0.717, 1.165) is 64.8 Å². The van der Waals surface area contributed by atoms with Gasteiger partial charge in [0.1, 0.15) is 12.4 Å². The van der Waals surface area contributed by atoms with Gasteiger partial charge in [0, 0.05) is 51.5 Å². The molecule has 5 fully saturated rings. The first kappa shape index (κ1) is 21.7. The van der Waals surface area contributed by atoms with Gasteiger partial charge in [-0.05, 0) is 67.4 Å². The highest BCUT2D eigenvalue weighted by Crippen LogP contribution is 2.65. The average Bonchev–Trinajstić information content (AvgIpc) is 3.31. The van der Waals surface area contributed by atoms with Crippen LogP contribution in [-0.4, -0.2) is 61.6 Å². The molecule has 7 rings (SSSR count). The molecule has 0 N–H and O–H groups in total. The SMILES string of the molecule is O=C(CC12CC3CC(C1)CC(n1cc([N+](=O)[O-])cn1)(C3)C2)N1CCN(Cc2cccnc2)CC1. The molecule has 2 unspecified atom stereocenters. The molecule has 4 aliphatic carbocycles. The molecular weight excluding hydrogens is 432 g/mol. The molecule has 2 aromatic rings. The fourth-order valence-electron chi connectivity index (χ4n) is 7.88. The number of carbonyl (C=O) groups excluding carboxylic acids is 1. The number of piperazine rings is 1. The Morgan fingerprint density at radius 2 is 1.88 bits per heavy atom. The minimum Gasteiger partial charge on any atom is -0.340 e. The van der Waals surface area contributed by atoms with E-state index in [-0.39, 0.29) is 27.5 Å². The Morgan fingerprint density at radius 3 is 2.53 bits per heavy atom. The highest BCUT2D eigenvalue weighted by Gasteiger charge is 2.59. The van der Waals surface area contributed by atoms with E-state index in [2.05, 4.69) is 25.9 Å². The van der Waals surface area contributed by atoms with Crippen LogP contribution < -0.4 is 0 Å². The largest absolute Gasteiger partial charge is 0.340 e. The van der Waals surface area contributed by atoms with E-state index < -0.39 is 0 Å². The number of rotatable bonds is 6. The minimum absolute atomic E-state index is 0.00867. The highest BCUT2D eigenvalue weighted by atomic mass is 16.6. The number of pyridine rings is 1. The van der Waals surface area contributed by atoms with Gasteiger partial charge in [0.15, 0.2) is 0 Å². The molecule has 2 aromatic heterocycles. The molecule has 1 amide bonds. The van der Waals surface area contributed by atoms with Crippen molar-refractivity contribution < 1.29 is 9.72 Å². The van der Waals surface area contributed by atoms with Crippen LogP contribution in [-0.2, 0) is 16.9 Å². The van der Waals surface area contributed by atoms with E-state index in [1.54, 1.807) is 12.4 Å². The van der Waals surface area contributed by atoms with Gasteiger partial charge in [0.25, 0.3) is 0 Å². The Bertz CT molecular complexity index is 1060. The van der Waals surface area contributed by atoms with E-state index >= 15 is 0 Å². The van der Waals surface area contributed by atoms with Gasteiger partial charge in [-0.2, -0.15) is 5.10 Å². The van der Waals surface area contributed by atoms with Crippen LogP contribution in [0.1, 0.15) is 50.5 Å². The Hall–Kier alpha value is -2.81. The molecule has 4 saturated carbocycles. The molecule has 3 heterocycles. The summed E-state index contributed by atoms with van der Waals surface area (Å²) in [5.41, 5.74) is 1.11. The molecule has 0 radical (unpaired) electrons. The van der Waals surface area contributed by atoms with Crippen molar-refractivity contribution in [1.29, 1.82) is 0 Å². The van der Waals surface area contributed by atoms with Gasteiger partial charge in [-0.15, -0.1) is 0 Å². The van der Waals surface area contributed by atoms with Gasteiger partial charge in [-0.3, -0.25) is 29.5 Å². The summed E-state index contributed by atoms with van der Waals surface area (Å²) >= 11 is 0. The van der Waals surface area contributed by atoms with Gasteiger partial charge in [-0.25, -0.2) is 0 Å². The second-order valence-corrected chi connectivity index (χ2v) is 11.3. The third-order valence-corrected chi connectivity index (χ3v) is 8.80. The van der Waals surface area contributed by atoms with E-state index in [9.17, 15) is 14.9 Å². The predicted molar refractivity (Wildman–Crippen MR) is 125 cm³/mol. The summed E-state index contributed by atoms with van der Waals surface area (Å²) in [6.07, 6.45) is 13.7. The molecule has 2 atom stereocenters. The molecule has 180 valence electrons. The summed E-state index contributed by atoms with van der Waals surface area (Å²) < 4.78 is 1.89. The lowest BCUT2D eigenvalue weighted by Gasteiger charge is -2.62. The summed E-state index contributed by atoms with van der Waals surface area (Å²) in [5, 5.41) is 15.7. The van der Waals surface area contributed by atoms with Crippen LogP contribution in [0.4, 0.5) is 5.69 Å². The number of nitro groups is 1. The second-order valence-electron chi connectivity index (χ2n) is 11.3. The lowest BCUT2D eigenvalue weighted by molar-refractivity contribution is -0.385. The first-order chi connectivity index (χ1) is 16.4. The fourth-order valence-corrected chi connectivity index (χ4v) is 7.88. The summed E-state index contributed by atoms with van der Waals surface area (Å²) in [7, 11) is 0. The van der Waals surface area contributed by atoms with Crippen LogP contribution in [0.5, 0.6) is 0 Å². The van der Waals surface area contributed by atoms with Gasteiger partial charge in [0.2, 0.25) is 5.91 Å². The number of hydrogen-bond donors (Lipinski definition) is 0. The van der Waals surface area contributed by atoms with E-state index in [4.69, 9.17) is 0 Å². The Kier molecular flexibility index (Phi) is 5.20. The van der Waals surface area contributed by atoms with Crippen molar-refractivity contribution in [2.75, 3.05) is 26.2 Å². The molecule has 0 aromatic carbocycles. The monoisotopic (exact) mass is 464 g/mol. The van der Waals surface area contributed by atoms with Gasteiger partial charge in [-0.1, -0.05) is 6.07 Å². The molecule has 34 heavy (non-hydrogen) atoms. The summed E-state index contributed by atoms with van der Waals surface area (Å²) in [4.78, 5) is 33.0. The van der Waals surface area contributed by atoms with Crippen molar-refractivity contribution in [1.82, 2.24) is 24.6 Å².